The monoisotopic (exact) mass is 211 g/mol. The van der Waals surface area contributed by atoms with Crippen molar-refractivity contribution in [1.29, 1.82) is 5.26 Å². The smallest absolute Gasteiger partial charge is 0.292 e. The van der Waals surface area contributed by atoms with Crippen LogP contribution < -0.4 is 4.74 Å². The molecule has 0 radical (unpaired) electrons. The normalized spacial score (nSPS) is 10.1. The summed E-state index contributed by atoms with van der Waals surface area (Å²) in [6.07, 6.45) is 2.63. The van der Waals surface area contributed by atoms with Crippen LogP contribution in [-0.4, -0.2) is 0 Å². The molecule has 0 aliphatic carbocycles. The van der Waals surface area contributed by atoms with Gasteiger partial charge < -0.3 is 4.74 Å². The highest BCUT2D eigenvalue weighted by molar-refractivity contribution is 5.88. The highest BCUT2D eigenvalue weighted by Gasteiger charge is 2.10. The second-order valence-electron chi connectivity index (χ2n) is 3.76. The lowest BCUT2D eigenvalue weighted by Gasteiger charge is -2.11. The molecule has 0 amide bonds. The zero-order valence-electron chi connectivity index (χ0n) is 9.45. The summed E-state index contributed by atoms with van der Waals surface area (Å²) in [6, 6.07) is 10.2. The Labute approximate surface area is 95.1 Å². The second kappa shape index (κ2) is 4.24. The standard InChI is InChI=1S/C14H13NO/c1-3-11-8-12-6-4-5-7-13(12)10(2)14(11)16-9-15/h4-8H,3H2,1-2H3. The van der Waals surface area contributed by atoms with Gasteiger partial charge in [-0.05, 0) is 35.7 Å². The van der Waals surface area contributed by atoms with E-state index in [2.05, 4.69) is 19.1 Å². The summed E-state index contributed by atoms with van der Waals surface area (Å²) >= 11 is 0. The van der Waals surface area contributed by atoms with E-state index in [1.54, 1.807) is 6.26 Å². The molecule has 2 heteroatoms. The highest BCUT2D eigenvalue weighted by Crippen LogP contribution is 2.31. The molecule has 0 atom stereocenters. The van der Waals surface area contributed by atoms with Crippen molar-refractivity contribution in [2.75, 3.05) is 0 Å². The van der Waals surface area contributed by atoms with E-state index in [0.29, 0.717) is 5.75 Å². The molecule has 0 aliphatic rings. The van der Waals surface area contributed by atoms with Crippen molar-refractivity contribution in [3.05, 3.63) is 41.5 Å². The lowest BCUT2D eigenvalue weighted by molar-refractivity contribution is 0.498. The molecule has 0 aliphatic heterocycles. The molecule has 2 aromatic carbocycles. The average Bonchev–Trinajstić information content (AvgIpc) is 2.33. The molecule has 0 fully saturated rings. The van der Waals surface area contributed by atoms with Gasteiger partial charge in [0.2, 0.25) is 0 Å². The number of benzene rings is 2. The van der Waals surface area contributed by atoms with Crippen LogP contribution in [0.2, 0.25) is 0 Å². The molecule has 0 heterocycles. The van der Waals surface area contributed by atoms with E-state index in [-0.39, 0.29) is 0 Å². The van der Waals surface area contributed by atoms with Gasteiger partial charge in [0, 0.05) is 5.56 Å². The Bertz CT molecular complexity index is 567. The molecule has 0 aromatic heterocycles. The predicted molar refractivity (Wildman–Crippen MR) is 64.3 cm³/mol. The third-order valence-electron chi connectivity index (χ3n) is 2.86. The minimum atomic E-state index is 0.712. The van der Waals surface area contributed by atoms with Gasteiger partial charge in [-0.3, -0.25) is 0 Å². The maximum Gasteiger partial charge on any atom is 0.292 e. The Morgan fingerprint density at radius 1 is 1.31 bits per heavy atom. The lowest BCUT2D eigenvalue weighted by Crippen LogP contribution is -1.94. The first-order valence-corrected chi connectivity index (χ1v) is 5.35. The number of hydrogen-bond acceptors (Lipinski definition) is 2. The Kier molecular flexibility index (Phi) is 2.78. The largest absolute Gasteiger partial charge is 0.387 e. The number of fused-ring (bicyclic) bond motifs is 1. The van der Waals surface area contributed by atoms with E-state index in [9.17, 15) is 0 Å². The van der Waals surface area contributed by atoms with Crippen LogP contribution in [0.4, 0.5) is 0 Å². The first-order chi connectivity index (χ1) is 7.77. The topological polar surface area (TPSA) is 33.0 Å². The van der Waals surface area contributed by atoms with E-state index in [0.717, 1.165) is 22.9 Å². The van der Waals surface area contributed by atoms with Gasteiger partial charge in [-0.2, -0.15) is 0 Å². The summed E-state index contributed by atoms with van der Waals surface area (Å²) in [7, 11) is 0. The van der Waals surface area contributed by atoms with Gasteiger partial charge >= 0.3 is 0 Å². The summed E-state index contributed by atoms with van der Waals surface area (Å²) in [4.78, 5) is 0. The number of nitrogens with zero attached hydrogens (tertiary/aromatic N) is 1. The van der Waals surface area contributed by atoms with Crippen LogP contribution in [0.25, 0.3) is 10.8 Å². The van der Waals surface area contributed by atoms with Crippen LogP contribution >= 0.6 is 0 Å². The fourth-order valence-electron chi connectivity index (χ4n) is 2.03. The summed E-state index contributed by atoms with van der Waals surface area (Å²) < 4.78 is 5.07. The first kappa shape index (κ1) is 10.5. The van der Waals surface area contributed by atoms with Crippen LogP contribution in [0.1, 0.15) is 18.1 Å². The van der Waals surface area contributed by atoms with E-state index >= 15 is 0 Å². The number of aryl methyl sites for hydroxylation is 2. The van der Waals surface area contributed by atoms with Gasteiger partial charge in [-0.25, -0.2) is 0 Å². The Morgan fingerprint density at radius 2 is 2.06 bits per heavy atom. The average molecular weight is 211 g/mol. The summed E-state index contributed by atoms with van der Waals surface area (Å²) in [6.45, 7) is 4.06. The maximum absolute atomic E-state index is 8.66. The molecular weight excluding hydrogens is 198 g/mol. The number of hydrogen-bond donors (Lipinski definition) is 0. The van der Waals surface area contributed by atoms with Crippen LogP contribution in [-0.2, 0) is 6.42 Å². The van der Waals surface area contributed by atoms with Crippen LogP contribution in [0.15, 0.2) is 30.3 Å². The zero-order chi connectivity index (χ0) is 11.5. The molecule has 0 saturated heterocycles. The van der Waals surface area contributed by atoms with Crippen molar-refractivity contribution in [2.45, 2.75) is 20.3 Å². The molecule has 0 unspecified atom stereocenters. The summed E-state index contributed by atoms with van der Waals surface area (Å²) in [5.41, 5.74) is 2.12. The SMILES string of the molecule is CCc1cc2ccccc2c(C)c1OC#N. The van der Waals surface area contributed by atoms with Crippen molar-refractivity contribution >= 4 is 10.8 Å². The second-order valence-corrected chi connectivity index (χ2v) is 3.76. The van der Waals surface area contributed by atoms with E-state index in [1.165, 1.54) is 5.39 Å². The van der Waals surface area contributed by atoms with Crippen molar-refractivity contribution in [3.63, 3.8) is 0 Å². The van der Waals surface area contributed by atoms with Crippen LogP contribution in [0, 0.1) is 18.4 Å². The van der Waals surface area contributed by atoms with Gasteiger partial charge in [0.15, 0.2) is 0 Å². The third-order valence-corrected chi connectivity index (χ3v) is 2.86. The predicted octanol–water partition coefficient (Wildman–Crippen LogP) is 3.57. The Balaban J connectivity index is 2.78. The minimum Gasteiger partial charge on any atom is -0.387 e. The highest BCUT2D eigenvalue weighted by atomic mass is 16.5. The Morgan fingerprint density at radius 3 is 2.75 bits per heavy atom. The molecule has 0 saturated carbocycles. The lowest BCUT2D eigenvalue weighted by atomic mass is 9.99. The fourth-order valence-corrected chi connectivity index (χ4v) is 2.03. The van der Waals surface area contributed by atoms with Gasteiger partial charge in [0.05, 0.1) is 0 Å². The Hall–Kier alpha value is -2.01. The van der Waals surface area contributed by atoms with Gasteiger partial charge in [0.25, 0.3) is 6.26 Å². The molecule has 0 spiro atoms. The van der Waals surface area contributed by atoms with Crippen molar-refractivity contribution in [3.8, 4) is 12.0 Å². The molecule has 2 nitrogen and oxygen atoms in total. The quantitative estimate of drug-likeness (QED) is 0.711. The summed E-state index contributed by atoms with van der Waals surface area (Å²) in [5.74, 6) is 0.712. The van der Waals surface area contributed by atoms with E-state index in [4.69, 9.17) is 10.00 Å². The molecule has 16 heavy (non-hydrogen) atoms. The van der Waals surface area contributed by atoms with Crippen molar-refractivity contribution in [2.24, 2.45) is 0 Å². The summed E-state index contributed by atoms with van der Waals surface area (Å²) in [5, 5.41) is 11.0. The van der Waals surface area contributed by atoms with Gasteiger partial charge in [-0.1, -0.05) is 31.2 Å². The number of rotatable bonds is 2. The first-order valence-electron chi connectivity index (χ1n) is 5.35. The van der Waals surface area contributed by atoms with Crippen molar-refractivity contribution in [1.82, 2.24) is 0 Å². The van der Waals surface area contributed by atoms with E-state index in [1.807, 2.05) is 25.1 Å². The molecule has 2 aromatic rings. The fraction of sp³-hybridized carbons (Fsp3) is 0.214. The maximum atomic E-state index is 8.66. The third kappa shape index (κ3) is 1.61. The molecule has 80 valence electrons. The minimum absolute atomic E-state index is 0.712. The number of nitriles is 1. The number of ether oxygens (including phenoxy) is 1. The molecule has 0 bridgehead atoms. The van der Waals surface area contributed by atoms with Crippen molar-refractivity contribution < 1.29 is 4.74 Å². The molecule has 0 N–H and O–H groups in total. The van der Waals surface area contributed by atoms with Gasteiger partial charge in [-0.15, -0.1) is 5.26 Å². The van der Waals surface area contributed by atoms with Gasteiger partial charge in [0.1, 0.15) is 5.75 Å². The molecular formula is C14H13NO. The zero-order valence-corrected chi connectivity index (χ0v) is 9.45. The van der Waals surface area contributed by atoms with E-state index < -0.39 is 0 Å². The molecule has 2 rings (SSSR count). The van der Waals surface area contributed by atoms with Crippen LogP contribution in [0.5, 0.6) is 5.75 Å². The van der Waals surface area contributed by atoms with Crippen LogP contribution in [0.3, 0.4) is 0 Å².